The summed E-state index contributed by atoms with van der Waals surface area (Å²) < 4.78 is 0. The molecule has 0 bridgehead atoms. The highest BCUT2D eigenvalue weighted by Crippen LogP contribution is 2.21. The number of rotatable bonds is 9. The molecule has 0 unspecified atom stereocenters. The van der Waals surface area contributed by atoms with E-state index in [-0.39, 0.29) is 29.9 Å². The van der Waals surface area contributed by atoms with Crippen LogP contribution >= 0.6 is 35.7 Å². The van der Waals surface area contributed by atoms with Crippen molar-refractivity contribution in [2.45, 2.75) is 45.7 Å². The maximum Gasteiger partial charge on any atom is 0.253 e. The Kier molecular flexibility index (Phi) is 12.6. The maximum absolute atomic E-state index is 12.4. The molecular weight excluding hydrogens is 519 g/mol. The molecule has 2 aromatic rings. The molecule has 0 radical (unpaired) electrons. The molecule has 2 aromatic carbocycles. The van der Waals surface area contributed by atoms with Crippen molar-refractivity contribution in [2.75, 3.05) is 25.9 Å². The summed E-state index contributed by atoms with van der Waals surface area (Å²) in [6.07, 6.45) is 2.10. The summed E-state index contributed by atoms with van der Waals surface area (Å²) in [7, 11) is 0. The first-order valence-corrected chi connectivity index (χ1v) is 11.8. The van der Waals surface area contributed by atoms with Crippen LogP contribution in [0.15, 0.2) is 52.4 Å². The van der Waals surface area contributed by atoms with E-state index in [9.17, 15) is 4.79 Å². The second kappa shape index (κ2) is 14.3. The SMILES string of the molecule is CCNC(=NCc1ccc(C(=O)N(CC)CC)cc1)NCc1ccc(C)cc1SC.I. The van der Waals surface area contributed by atoms with Crippen LogP contribution in [0.3, 0.4) is 0 Å². The number of aliphatic imine (C=N–C) groups is 1. The molecule has 2 N–H and O–H groups in total. The summed E-state index contributed by atoms with van der Waals surface area (Å²) in [5.41, 5.74) is 4.33. The fourth-order valence-corrected chi connectivity index (χ4v) is 3.84. The molecule has 170 valence electrons. The lowest BCUT2D eigenvalue weighted by atomic mass is 10.1. The molecule has 7 heteroatoms. The van der Waals surface area contributed by atoms with E-state index in [4.69, 9.17) is 4.99 Å². The van der Waals surface area contributed by atoms with Crippen molar-refractivity contribution in [3.63, 3.8) is 0 Å². The van der Waals surface area contributed by atoms with Crippen LogP contribution in [-0.2, 0) is 13.1 Å². The highest BCUT2D eigenvalue weighted by Gasteiger charge is 2.11. The quantitative estimate of drug-likeness (QED) is 0.197. The highest BCUT2D eigenvalue weighted by atomic mass is 127. The van der Waals surface area contributed by atoms with E-state index in [0.717, 1.165) is 43.3 Å². The maximum atomic E-state index is 12.4. The summed E-state index contributed by atoms with van der Waals surface area (Å²) in [6.45, 7) is 11.7. The normalized spacial score (nSPS) is 10.9. The van der Waals surface area contributed by atoms with E-state index in [2.05, 4.69) is 48.9 Å². The molecule has 0 spiro atoms. The van der Waals surface area contributed by atoms with Crippen LogP contribution < -0.4 is 10.6 Å². The molecule has 0 aliphatic heterocycles. The molecule has 0 heterocycles. The van der Waals surface area contributed by atoms with Gasteiger partial charge >= 0.3 is 0 Å². The van der Waals surface area contributed by atoms with Gasteiger partial charge in [0.15, 0.2) is 5.96 Å². The van der Waals surface area contributed by atoms with Gasteiger partial charge < -0.3 is 15.5 Å². The smallest absolute Gasteiger partial charge is 0.253 e. The van der Waals surface area contributed by atoms with E-state index in [1.807, 2.05) is 43.0 Å². The molecular formula is C24H35IN4OS. The van der Waals surface area contributed by atoms with Gasteiger partial charge in [0.1, 0.15) is 0 Å². The van der Waals surface area contributed by atoms with Crippen molar-refractivity contribution >= 4 is 47.6 Å². The summed E-state index contributed by atoms with van der Waals surface area (Å²) in [5.74, 6) is 0.862. The second-order valence-corrected chi connectivity index (χ2v) is 7.89. The molecule has 0 fully saturated rings. The van der Waals surface area contributed by atoms with Crippen molar-refractivity contribution < 1.29 is 4.79 Å². The molecule has 1 amide bonds. The van der Waals surface area contributed by atoms with Gasteiger partial charge in [-0.1, -0.05) is 24.3 Å². The Hall–Kier alpha value is -1.74. The van der Waals surface area contributed by atoms with Gasteiger partial charge in [-0.15, -0.1) is 35.7 Å². The number of aryl methyl sites for hydroxylation is 1. The van der Waals surface area contributed by atoms with Gasteiger partial charge in [0.2, 0.25) is 0 Å². The Balaban J connectivity index is 0.00000480. The third kappa shape index (κ3) is 8.37. The van der Waals surface area contributed by atoms with Crippen molar-refractivity contribution in [1.29, 1.82) is 0 Å². The molecule has 2 rings (SSSR count). The first kappa shape index (κ1) is 27.3. The summed E-state index contributed by atoms with van der Waals surface area (Å²) in [5, 5.41) is 6.73. The average Bonchev–Trinajstić information content (AvgIpc) is 2.77. The number of thioether (sulfide) groups is 1. The Morgan fingerprint density at radius 3 is 2.29 bits per heavy atom. The average molecular weight is 555 g/mol. The van der Waals surface area contributed by atoms with Gasteiger partial charge in [-0.3, -0.25) is 4.79 Å². The van der Waals surface area contributed by atoms with Gasteiger partial charge in [-0.05, 0) is 68.8 Å². The van der Waals surface area contributed by atoms with Gasteiger partial charge in [0.25, 0.3) is 5.91 Å². The summed E-state index contributed by atoms with van der Waals surface area (Å²) in [6, 6.07) is 14.3. The van der Waals surface area contributed by atoms with Crippen LogP contribution in [0.1, 0.15) is 47.8 Å². The third-order valence-electron chi connectivity index (χ3n) is 4.90. The van der Waals surface area contributed by atoms with Crippen LogP contribution in [0, 0.1) is 6.92 Å². The number of hydrogen-bond donors (Lipinski definition) is 2. The van der Waals surface area contributed by atoms with E-state index in [1.165, 1.54) is 16.0 Å². The molecule has 0 atom stereocenters. The molecule has 0 aromatic heterocycles. The van der Waals surface area contributed by atoms with Crippen LogP contribution in [-0.4, -0.2) is 42.7 Å². The lowest BCUT2D eigenvalue weighted by Gasteiger charge is -2.18. The Morgan fingerprint density at radius 2 is 1.71 bits per heavy atom. The van der Waals surface area contributed by atoms with Crippen LogP contribution in [0.25, 0.3) is 0 Å². The molecule has 0 saturated carbocycles. The monoisotopic (exact) mass is 554 g/mol. The zero-order chi connectivity index (χ0) is 21.9. The van der Waals surface area contributed by atoms with E-state index in [1.54, 1.807) is 11.8 Å². The van der Waals surface area contributed by atoms with Crippen molar-refractivity contribution in [2.24, 2.45) is 4.99 Å². The Labute approximate surface area is 208 Å². The molecule has 0 aliphatic rings. The fourth-order valence-electron chi connectivity index (χ4n) is 3.13. The van der Waals surface area contributed by atoms with Gasteiger partial charge in [0, 0.05) is 36.6 Å². The minimum atomic E-state index is 0. The second-order valence-electron chi connectivity index (χ2n) is 7.04. The number of amides is 1. The van der Waals surface area contributed by atoms with Gasteiger partial charge in [0.05, 0.1) is 6.54 Å². The van der Waals surface area contributed by atoms with Gasteiger partial charge in [-0.2, -0.15) is 0 Å². The fraction of sp³-hybridized carbons (Fsp3) is 0.417. The predicted molar refractivity (Wildman–Crippen MR) is 144 cm³/mol. The number of nitrogens with one attached hydrogen (secondary N) is 2. The molecule has 0 saturated heterocycles. The highest BCUT2D eigenvalue weighted by molar-refractivity contribution is 14.0. The molecule has 31 heavy (non-hydrogen) atoms. The van der Waals surface area contributed by atoms with E-state index >= 15 is 0 Å². The zero-order valence-electron chi connectivity index (χ0n) is 19.2. The number of benzene rings is 2. The van der Waals surface area contributed by atoms with Crippen molar-refractivity contribution in [3.05, 3.63) is 64.7 Å². The topological polar surface area (TPSA) is 56.7 Å². The number of nitrogens with zero attached hydrogens (tertiary/aromatic N) is 2. The zero-order valence-corrected chi connectivity index (χ0v) is 22.3. The van der Waals surface area contributed by atoms with Gasteiger partial charge in [-0.25, -0.2) is 4.99 Å². The first-order valence-electron chi connectivity index (χ1n) is 10.6. The van der Waals surface area contributed by atoms with Crippen molar-refractivity contribution in [3.8, 4) is 0 Å². The molecule has 0 aliphatic carbocycles. The Morgan fingerprint density at radius 1 is 1.03 bits per heavy atom. The minimum absolute atomic E-state index is 0. The molecule has 5 nitrogen and oxygen atoms in total. The lowest BCUT2D eigenvalue weighted by molar-refractivity contribution is 0.0773. The van der Waals surface area contributed by atoms with E-state index in [0.29, 0.717) is 6.54 Å². The summed E-state index contributed by atoms with van der Waals surface area (Å²) >= 11 is 1.76. The Bertz CT molecular complexity index is 851. The summed E-state index contributed by atoms with van der Waals surface area (Å²) in [4.78, 5) is 20.3. The van der Waals surface area contributed by atoms with Crippen LogP contribution in [0.2, 0.25) is 0 Å². The van der Waals surface area contributed by atoms with Crippen LogP contribution in [0.5, 0.6) is 0 Å². The number of hydrogen-bond acceptors (Lipinski definition) is 3. The minimum Gasteiger partial charge on any atom is -0.357 e. The number of halogens is 1. The van der Waals surface area contributed by atoms with Crippen LogP contribution in [0.4, 0.5) is 0 Å². The third-order valence-corrected chi connectivity index (χ3v) is 5.72. The lowest BCUT2D eigenvalue weighted by Crippen LogP contribution is -2.36. The first-order chi connectivity index (χ1) is 14.5. The standard InChI is InChI=1S/C24H34N4OS.HI/c1-6-25-24(27-17-21-12-9-18(4)15-22(21)30-5)26-16-19-10-13-20(14-11-19)23(29)28(7-2)8-3;/h9-15H,6-8,16-17H2,1-5H3,(H2,25,26,27);1H. The predicted octanol–water partition coefficient (Wildman–Crippen LogP) is 5.07. The number of guanidine groups is 1. The van der Waals surface area contributed by atoms with E-state index < -0.39 is 0 Å². The largest absolute Gasteiger partial charge is 0.357 e. The number of carbonyl (C=O) groups is 1. The van der Waals surface area contributed by atoms with Crippen molar-refractivity contribution in [1.82, 2.24) is 15.5 Å². The number of carbonyl (C=O) groups excluding carboxylic acids is 1.